The van der Waals surface area contributed by atoms with E-state index in [4.69, 9.17) is 9.26 Å². The molecule has 0 aromatic carbocycles. The summed E-state index contributed by atoms with van der Waals surface area (Å²) in [5.41, 5.74) is 0.668. The molecule has 7 nitrogen and oxygen atoms in total. The van der Waals surface area contributed by atoms with E-state index in [0.717, 1.165) is 0 Å². The number of esters is 1. The first kappa shape index (κ1) is 15.1. The van der Waals surface area contributed by atoms with Crippen molar-refractivity contribution in [1.82, 2.24) is 20.0 Å². The van der Waals surface area contributed by atoms with Crippen LogP contribution in [-0.4, -0.2) is 46.2 Å². The van der Waals surface area contributed by atoms with Gasteiger partial charge in [0.05, 0.1) is 19.6 Å². The molecular formula is C14H18N4O3. The van der Waals surface area contributed by atoms with Crippen LogP contribution in [0.15, 0.2) is 28.9 Å². The minimum Gasteiger partial charge on any atom is -0.466 e. The molecule has 0 saturated carbocycles. The zero-order valence-electron chi connectivity index (χ0n) is 12.2. The van der Waals surface area contributed by atoms with Crippen molar-refractivity contribution in [3.8, 4) is 11.5 Å². The molecule has 0 bridgehead atoms. The first-order valence-corrected chi connectivity index (χ1v) is 6.77. The molecule has 0 atom stereocenters. The molecule has 21 heavy (non-hydrogen) atoms. The minimum absolute atomic E-state index is 0.205. The number of ether oxygens (including phenoxy) is 1. The van der Waals surface area contributed by atoms with Crippen molar-refractivity contribution < 1.29 is 14.1 Å². The molecule has 0 radical (unpaired) electrons. The number of hydrogen-bond acceptors (Lipinski definition) is 7. The van der Waals surface area contributed by atoms with Crippen molar-refractivity contribution in [2.45, 2.75) is 19.9 Å². The second-order valence-electron chi connectivity index (χ2n) is 4.52. The quantitative estimate of drug-likeness (QED) is 0.715. The predicted molar refractivity (Wildman–Crippen MR) is 75.1 cm³/mol. The van der Waals surface area contributed by atoms with Crippen LogP contribution in [0.25, 0.3) is 11.5 Å². The van der Waals surface area contributed by atoms with Crippen LogP contribution in [0.1, 0.15) is 19.2 Å². The van der Waals surface area contributed by atoms with Gasteiger partial charge in [0.2, 0.25) is 11.7 Å². The van der Waals surface area contributed by atoms with Gasteiger partial charge in [-0.3, -0.25) is 14.7 Å². The number of nitrogens with zero attached hydrogens (tertiary/aromatic N) is 4. The number of carbonyl (C=O) groups is 1. The second kappa shape index (κ2) is 7.49. The van der Waals surface area contributed by atoms with E-state index in [-0.39, 0.29) is 5.97 Å². The summed E-state index contributed by atoms with van der Waals surface area (Å²) >= 11 is 0. The Morgan fingerprint density at radius 3 is 3.00 bits per heavy atom. The van der Waals surface area contributed by atoms with Crippen LogP contribution in [0.2, 0.25) is 0 Å². The van der Waals surface area contributed by atoms with Gasteiger partial charge in [-0.2, -0.15) is 4.98 Å². The average molecular weight is 290 g/mol. The maximum absolute atomic E-state index is 11.3. The number of pyridine rings is 1. The van der Waals surface area contributed by atoms with Gasteiger partial charge in [0, 0.05) is 12.7 Å². The normalized spacial score (nSPS) is 10.8. The van der Waals surface area contributed by atoms with E-state index < -0.39 is 0 Å². The highest BCUT2D eigenvalue weighted by atomic mass is 16.5. The highest BCUT2D eigenvalue weighted by Gasteiger charge is 2.12. The Kier molecular flexibility index (Phi) is 5.39. The van der Waals surface area contributed by atoms with Crippen LogP contribution in [0.4, 0.5) is 0 Å². The lowest BCUT2D eigenvalue weighted by Crippen LogP contribution is -2.22. The van der Waals surface area contributed by atoms with E-state index >= 15 is 0 Å². The van der Waals surface area contributed by atoms with Crippen LogP contribution >= 0.6 is 0 Å². The highest BCUT2D eigenvalue weighted by molar-refractivity contribution is 5.69. The number of hydrogen-bond donors (Lipinski definition) is 0. The van der Waals surface area contributed by atoms with E-state index in [9.17, 15) is 4.79 Å². The Labute approximate surface area is 122 Å². The van der Waals surface area contributed by atoms with Crippen molar-refractivity contribution in [3.63, 3.8) is 0 Å². The van der Waals surface area contributed by atoms with E-state index in [1.165, 1.54) is 0 Å². The summed E-state index contributed by atoms with van der Waals surface area (Å²) in [7, 11) is 1.88. The molecule has 0 aliphatic heterocycles. The fourth-order valence-electron chi connectivity index (χ4n) is 1.74. The Hall–Kier alpha value is -2.28. The topological polar surface area (TPSA) is 81.4 Å². The van der Waals surface area contributed by atoms with Crippen molar-refractivity contribution in [2.75, 3.05) is 20.2 Å². The molecule has 7 heteroatoms. The molecule has 0 amide bonds. The van der Waals surface area contributed by atoms with Gasteiger partial charge in [-0.25, -0.2) is 0 Å². The lowest BCUT2D eigenvalue weighted by molar-refractivity contribution is -0.143. The van der Waals surface area contributed by atoms with Gasteiger partial charge in [-0.15, -0.1) is 0 Å². The summed E-state index contributed by atoms with van der Waals surface area (Å²) in [6.07, 6.45) is 2.02. The van der Waals surface area contributed by atoms with Gasteiger partial charge >= 0.3 is 5.97 Å². The van der Waals surface area contributed by atoms with E-state index in [0.29, 0.717) is 43.5 Å². The lowest BCUT2D eigenvalue weighted by Gasteiger charge is -2.12. The Morgan fingerprint density at radius 2 is 2.29 bits per heavy atom. The molecule has 0 spiro atoms. The minimum atomic E-state index is -0.205. The molecule has 0 aliphatic rings. The monoisotopic (exact) mass is 290 g/mol. The molecule has 2 aromatic rings. The maximum atomic E-state index is 11.3. The summed E-state index contributed by atoms with van der Waals surface area (Å²) in [6, 6.07) is 5.51. The van der Waals surface area contributed by atoms with Gasteiger partial charge in [0.15, 0.2) is 0 Å². The molecule has 0 aliphatic carbocycles. The molecule has 0 saturated heterocycles. The first-order valence-electron chi connectivity index (χ1n) is 6.77. The van der Waals surface area contributed by atoms with Crippen molar-refractivity contribution in [2.24, 2.45) is 0 Å². The average Bonchev–Trinajstić information content (AvgIpc) is 2.95. The lowest BCUT2D eigenvalue weighted by atomic mass is 10.3. The molecule has 112 valence electrons. The second-order valence-corrected chi connectivity index (χ2v) is 4.52. The summed E-state index contributed by atoms with van der Waals surface area (Å²) in [4.78, 5) is 21.7. The SMILES string of the molecule is CCOC(=O)CCN(C)Cc1nc(-c2ccccn2)no1. The van der Waals surface area contributed by atoms with Crippen molar-refractivity contribution >= 4 is 5.97 Å². The van der Waals surface area contributed by atoms with Gasteiger partial charge in [-0.1, -0.05) is 11.2 Å². The van der Waals surface area contributed by atoms with Gasteiger partial charge in [0.1, 0.15) is 5.69 Å². The maximum Gasteiger partial charge on any atom is 0.307 e. The zero-order chi connectivity index (χ0) is 15.1. The molecule has 2 aromatic heterocycles. The van der Waals surface area contributed by atoms with E-state index in [2.05, 4.69) is 15.1 Å². The van der Waals surface area contributed by atoms with E-state index in [1.54, 1.807) is 13.1 Å². The smallest absolute Gasteiger partial charge is 0.307 e. The molecule has 0 unspecified atom stereocenters. The molecule has 2 rings (SSSR count). The van der Waals surface area contributed by atoms with E-state index in [1.807, 2.05) is 30.1 Å². The Morgan fingerprint density at radius 1 is 1.43 bits per heavy atom. The summed E-state index contributed by atoms with van der Waals surface area (Å²) in [5.74, 6) is 0.746. The van der Waals surface area contributed by atoms with Crippen LogP contribution < -0.4 is 0 Å². The third-order valence-electron chi connectivity index (χ3n) is 2.77. The van der Waals surface area contributed by atoms with Crippen molar-refractivity contribution in [1.29, 1.82) is 0 Å². The van der Waals surface area contributed by atoms with Gasteiger partial charge < -0.3 is 9.26 Å². The molecular weight excluding hydrogens is 272 g/mol. The van der Waals surface area contributed by atoms with Crippen LogP contribution in [0, 0.1) is 0 Å². The Balaban J connectivity index is 1.86. The molecule has 0 fully saturated rings. The Bertz CT molecular complexity index is 571. The predicted octanol–water partition coefficient (Wildman–Crippen LogP) is 1.52. The standard InChI is InChI=1S/C14H18N4O3/c1-3-20-13(19)7-9-18(2)10-12-16-14(17-21-12)11-6-4-5-8-15-11/h4-6,8H,3,7,9-10H2,1-2H3. The highest BCUT2D eigenvalue weighted by Crippen LogP contribution is 2.12. The third kappa shape index (κ3) is 4.64. The molecule has 0 N–H and O–H groups in total. The van der Waals surface area contributed by atoms with Gasteiger partial charge in [0.25, 0.3) is 0 Å². The summed E-state index contributed by atoms with van der Waals surface area (Å²) < 4.78 is 10.1. The van der Waals surface area contributed by atoms with Crippen LogP contribution in [0.5, 0.6) is 0 Å². The number of rotatable bonds is 7. The van der Waals surface area contributed by atoms with Gasteiger partial charge in [-0.05, 0) is 26.1 Å². The van der Waals surface area contributed by atoms with Crippen molar-refractivity contribution in [3.05, 3.63) is 30.3 Å². The molecule has 2 heterocycles. The third-order valence-corrected chi connectivity index (χ3v) is 2.77. The largest absolute Gasteiger partial charge is 0.466 e. The first-order chi connectivity index (χ1) is 10.2. The number of aromatic nitrogens is 3. The fourth-order valence-corrected chi connectivity index (χ4v) is 1.74. The number of carbonyl (C=O) groups excluding carboxylic acids is 1. The zero-order valence-corrected chi connectivity index (χ0v) is 12.2. The van der Waals surface area contributed by atoms with Crippen LogP contribution in [0.3, 0.4) is 0 Å². The fraction of sp³-hybridized carbons (Fsp3) is 0.429. The summed E-state index contributed by atoms with van der Waals surface area (Å²) in [6.45, 7) is 3.23. The van der Waals surface area contributed by atoms with Crippen LogP contribution in [-0.2, 0) is 16.1 Å². The summed E-state index contributed by atoms with van der Waals surface area (Å²) in [5, 5.41) is 3.90.